The number of hydrogen-bond acceptors (Lipinski definition) is 7. The molecule has 1 fully saturated rings. The van der Waals surface area contributed by atoms with Crippen molar-refractivity contribution in [3.05, 3.63) is 90.5 Å². The molecule has 9 heteroatoms. The van der Waals surface area contributed by atoms with Crippen LogP contribution in [0.2, 0.25) is 0 Å². The largest absolute Gasteiger partial charge is 0.378 e. The summed E-state index contributed by atoms with van der Waals surface area (Å²) >= 11 is 1.32. The highest BCUT2D eigenvalue weighted by Gasteiger charge is 2.17. The van der Waals surface area contributed by atoms with E-state index >= 15 is 0 Å². The first-order chi connectivity index (χ1) is 18.2. The average molecular weight is 513 g/mol. The van der Waals surface area contributed by atoms with Gasteiger partial charge in [-0.2, -0.15) is 5.10 Å². The normalized spacial score (nSPS) is 14.0. The second-order valence-corrected chi connectivity index (χ2v) is 9.45. The van der Waals surface area contributed by atoms with E-state index in [9.17, 15) is 4.79 Å². The van der Waals surface area contributed by atoms with E-state index in [0.29, 0.717) is 5.16 Å². The van der Waals surface area contributed by atoms with Gasteiger partial charge in [-0.25, -0.2) is 5.43 Å². The molecule has 8 nitrogen and oxygen atoms in total. The molecule has 1 aliphatic heterocycles. The molecule has 3 aromatic carbocycles. The molecule has 1 saturated heterocycles. The number of aromatic nitrogens is 3. The number of benzene rings is 3. The second-order valence-electron chi connectivity index (χ2n) is 8.51. The minimum absolute atomic E-state index is 0.159. The monoisotopic (exact) mass is 512 g/mol. The van der Waals surface area contributed by atoms with Crippen LogP contribution in [-0.4, -0.2) is 58.4 Å². The molecule has 0 unspecified atom stereocenters. The zero-order valence-electron chi connectivity index (χ0n) is 20.6. The van der Waals surface area contributed by atoms with Gasteiger partial charge >= 0.3 is 0 Å². The number of nitrogens with zero attached hydrogens (tertiary/aromatic N) is 5. The van der Waals surface area contributed by atoms with E-state index in [4.69, 9.17) is 4.74 Å². The van der Waals surface area contributed by atoms with E-state index < -0.39 is 0 Å². The van der Waals surface area contributed by atoms with Gasteiger partial charge in [0.05, 0.1) is 24.7 Å². The summed E-state index contributed by atoms with van der Waals surface area (Å²) in [6.07, 6.45) is 0. The third-order valence-corrected chi connectivity index (χ3v) is 6.95. The number of carbonyl (C=O) groups excluding carboxylic acids is 1. The predicted molar refractivity (Wildman–Crippen MR) is 147 cm³/mol. The van der Waals surface area contributed by atoms with Gasteiger partial charge in [-0.15, -0.1) is 10.2 Å². The van der Waals surface area contributed by atoms with Crippen LogP contribution in [-0.2, 0) is 9.53 Å². The van der Waals surface area contributed by atoms with Gasteiger partial charge < -0.3 is 9.64 Å². The van der Waals surface area contributed by atoms with Crippen LogP contribution in [0.5, 0.6) is 0 Å². The summed E-state index contributed by atoms with van der Waals surface area (Å²) in [6, 6.07) is 28.0. The zero-order chi connectivity index (χ0) is 25.5. The number of morpholine rings is 1. The zero-order valence-corrected chi connectivity index (χ0v) is 21.4. The number of hydrazone groups is 1. The number of amides is 1. The Morgan fingerprint density at radius 3 is 2.30 bits per heavy atom. The molecule has 0 saturated carbocycles. The number of thioether (sulfide) groups is 1. The van der Waals surface area contributed by atoms with Crippen LogP contribution in [0.1, 0.15) is 12.5 Å². The third-order valence-electron chi connectivity index (χ3n) is 6.02. The molecule has 2 heterocycles. The minimum atomic E-state index is -0.210. The molecule has 37 heavy (non-hydrogen) atoms. The molecule has 1 amide bonds. The maximum Gasteiger partial charge on any atom is 0.250 e. The van der Waals surface area contributed by atoms with Crippen molar-refractivity contribution in [2.75, 3.05) is 37.0 Å². The van der Waals surface area contributed by atoms with Gasteiger partial charge in [-0.1, -0.05) is 72.4 Å². The Hall–Kier alpha value is -3.95. The SMILES string of the molecule is C/C(=N/NC(=O)CSc1nnc(-c2ccccc2)n1-c1ccccc1)c1ccc(N2CCOCC2)cc1. The Morgan fingerprint density at radius 1 is 0.919 bits per heavy atom. The van der Waals surface area contributed by atoms with Crippen LogP contribution in [0.3, 0.4) is 0 Å². The first kappa shape index (κ1) is 24.7. The van der Waals surface area contributed by atoms with Crippen LogP contribution < -0.4 is 10.3 Å². The van der Waals surface area contributed by atoms with Crippen molar-refractivity contribution in [2.24, 2.45) is 5.10 Å². The lowest BCUT2D eigenvalue weighted by atomic mass is 10.1. The maximum atomic E-state index is 12.6. The van der Waals surface area contributed by atoms with Gasteiger partial charge in [0.25, 0.3) is 5.91 Å². The highest BCUT2D eigenvalue weighted by Crippen LogP contribution is 2.27. The lowest BCUT2D eigenvalue weighted by Gasteiger charge is -2.28. The Kier molecular flexibility index (Phi) is 7.93. The molecule has 0 bridgehead atoms. The van der Waals surface area contributed by atoms with Crippen molar-refractivity contribution in [3.8, 4) is 17.1 Å². The topological polar surface area (TPSA) is 84.6 Å². The summed E-state index contributed by atoms with van der Waals surface area (Å²) in [5.41, 5.74) is 7.42. The summed E-state index contributed by atoms with van der Waals surface area (Å²) in [4.78, 5) is 14.9. The molecular formula is C28H28N6O2S. The van der Waals surface area contributed by atoms with Gasteiger partial charge in [0.2, 0.25) is 0 Å². The molecule has 4 aromatic rings. The Balaban J connectivity index is 1.24. The fourth-order valence-electron chi connectivity index (χ4n) is 4.06. The molecular weight excluding hydrogens is 484 g/mol. The number of carbonyl (C=O) groups is 1. The van der Waals surface area contributed by atoms with Crippen LogP contribution in [0.15, 0.2) is 95.2 Å². The smallest absolute Gasteiger partial charge is 0.250 e. The first-order valence-electron chi connectivity index (χ1n) is 12.1. The van der Waals surface area contributed by atoms with E-state index in [1.165, 1.54) is 11.8 Å². The fourth-order valence-corrected chi connectivity index (χ4v) is 4.80. The summed E-state index contributed by atoms with van der Waals surface area (Å²) < 4.78 is 7.39. The lowest BCUT2D eigenvalue weighted by molar-refractivity contribution is -0.118. The van der Waals surface area contributed by atoms with Crippen molar-refractivity contribution < 1.29 is 9.53 Å². The molecule has 0 radical (unpaired) electrons. The molecule has 1 aliphatic rings. The Morgan fingerprint density at radius 2 is 1.59 bits per heavy atom. The summed E-state index contributed by atoms with van der Waals surface area (Å²) in [6.45, 7) is 5.17. The molecule has 188 valence electrons. The minimum Gasteiger partial charge on any atom is -0.378 e. The number of rotatable bonds is 8. The van der Waals surface area contributed by atoms with Gasteiger partial charge in [0.1, 0.15) is 0 Å². The van der Waals surface area contributed by atoms with E-state index in [1.807, 2.05) is 84.3 Å². The number of ether oxygens (including phenoxy) is 1. The first-order valence-corrected chi connectivity index (χ1v) is 13.1. The van der Waals surface area contributed by atoms with Crippen LogP contribution in [0, 0.1) is 0 Å². The van der Waals surface area contributed by atoms with Gasteiger partial charge in [0.15, 0.2) is 11.0 Å². The van der Waals surface area contributed by atoms with Crippen LogP contribution >= 0.6 is 11.8 Å². The molecule has 0 spiro atoms. The Bertz CT molecular complexity index is 1350. The standard InChI is InChI=1S/C28H28N6O2S/c1-21(22-12-14-24(15-13-22)33-16-18-36-19-17-33)29-30-26(35)20-37-28-32-31-27(23-8-4-2-5-9-23)34(28)25-10-6-3-7-11-25/h2-15H,16-20H2,1H3,(H,30,35)/b29-21-. The highest BCUT2D eigenvalue weighted by atomic mass is 32.2. The van der Waals surface area contributed by atoms with E-state index in [1.54, 1.807) is 0 Å². The van der Waals surface area contributed by atoms with Gasteiger partial charge in [-0.05, 0) is 36.8 Å². The van der Waals surface area contributed by atoms with E-state index in [2.05, 4.69) is 37.8 Å². The maximum absolute atomic E-state index is 12.6. The number of anilines is 1. The predicted octanol–water partition coefficient (Wildman–Crippen LogP) is 4.40. The number of nitrogens with one attached hydrogen (secondary N) is 1. The van der Waals surface area contributed by atoms with Crippen molar-refractivity contribution in [1.29, 1.82) is 0 Å². The summed E-state index contributed by atoms with van der Waals surface area (Å²) in [5, 5.41) is 13.7. The van der Waals surface area contributed by atoms with Crippen LogP contribution in [0.25, 0.3) is 17.1 Å². The number of hydrogen-bond donors (Lipinski definition) is 1. The van der Waals surface area contributed by atoms with E-state index in [-0.39, 0.29) is 11.7 Å². The van der Waals surface area contributed by atoms with Gasteiger partial charge in [0, 0.05) is 30.0 Å². The van der Waals surface area contributed by atoms with Crippen molar-refractivity contribution in [3.63, 3.8) is 0 Å². The van der Waals surface area contributed by atoms with E-state index in [0.717, 1.165) is 60.3 Å². The molecule has 0 atom stereocenters. The fraction of sp³-hybridized carbons (Fsp3) is 0.214. The van der Waals surface area contributed by atoms with Gasteiger partial charge in [-0.3, -0.25) is 9.36 Å². The number of para-hydroxylation sites is 1. The lowest BCUT2D eigenvalue weighted by Crippen LogP contribution is -2.36. The molecule has 1 aromatic heterocycles. The summed E-state index contributed by atoms with van der Waals surface area (Å²) in [7, 11) is 0. The Labute approximate surface area is 220 Å². The van der Waals surface area contributed by atoms with Crippen molar-refractivity contribution >= 4 is 29.1 Å². The third kappa shape index (κ3) is 6.07. The molecule has 0 aliphatic carbocycles. The summed E-state index contributed by atoms with van der Waals surface area (Å²) in [5.74, 6) is 0.675. The quantitative estimate of drug-likeness (QED) is 0.214. The highest BCUT2D eigenvalue weighted by molar-refractivity contribution is 7.99. The van der Waals surface area contributed by atoms with Crippen LogP contribution in [0.4, 0.5) is 5.69 Å². The molecule has 1 N–H and O–H groups in total. The van der Waals surface area contributed by atoms with Crippen molar-refractivity contribution in [1.82, 2.24) is 20.2 Å². The average Bonchev–Trinajstić information content (AvgIpc) is 3.40. The second kappa shape index (κ2) is 11.9. The molecule has 5 rings (SSSR count). The van der Waals surface area contributed by atoms with Crippen molar-refractivity contribution in [2.45, 2.75) is 12.1 Å².